The second-order valence-electron chi connectivity index (χ2n) is 4.92. The Balaban J connectivity index is 1.86. The summed E-state index contributed by atoms with van der Waals surface area (Å²) in [6.07, 6.45) is 9.51. The predicted molar refractivity (Wildman–Crippen MR) is 75.9 cm³/mol. The molecule has 20 heavy (non-hydrogen) atoms. The van der Waals surface area contributed by atoms with E-state index in [-0.39, 0.29) is 11.8 Å². The molecule has 1 aromatic carbocycles. The summed E-state index contributed by atoms with van der Waals surface area (Å²) in [4.78, 5) is 13.8. The van der Waals surface area contributed by atoms with Gasteiger partial charge in [0.25, 0.3) is 0 Å². The van der Waals surface area contributed by atoms with E-state index in [1.54, 1.807) is 6.20 Å². The number of terminal acetylenes is 1. The van der Waals surface area contributed by atoms with E-state index in [1.807, 2.05) is 46.1 Å². The number of carbonyl (C=O) groups excluding carboxylic acids is 1. The average Bonchev–Trinajstić information content (AvgIpc) is 3.10. The molecule has 0 bridgehead atoms. The van der Waals surface area contributed by atoms with Gasteiger partial charge < -0.3 is 4.90 Å². The van der Waals surface area contributed by atoms with Gasteiger partial charge in [-0.05, 0) is 17.7 Å². The van der Waals surface area contributed by atoms with E-state index in [1.165, 1.54) is 0 Å². The van der Waals surface area contributed by atoms with Crippen molar-refractivity contribution in [2.24, 2.45) is 5.92 Å². The molecule has 1 aromatic heterocycles. The molecule has 1 aliphatic heterocycles. The second-order valence-corrected chi connectivity index (χ2v) is 4.92. The third kappa shape index (κ3) is 2.30. The van der Waals surface area contributed by atoms with Crippen LogP contribution in [-0.4, -0.2) is 27.1 Å². The molecule has 2 heterocycles. The van der Waals surface area contributed by atoms with E-state index in [0.717, 1.165) is 11.3 Å². The molecular weight excluding hydrogens is 250 g/mol. The smallest absolute Gasteiger partial charge is 0.224 e. The van der Waals surface area contributed by atoms with Crippen LogP contribution in [0, 0.1) is 18.3 Å². The van der Waals surface area contributed by atoms with Gasteiger partial charge in [0.2, 0.25) is 5.91 Å². The Hall–Kier alpha value is -2.54. The van der Waals surface area contributed by atoms with Gasteiger partial charge in [-0.2, -0.15) is 5.10 Å². The standard InChI is InChI=1S/C16H15N3O/c1-2-13-10-16(20)18(11-13)12-14-6-3-4-7-15(14)19-9-5-8-17-19/h1,3-9,13H,10-12H2. The number of amides is 1. The maximum atomic E-state index is 12.0. The summed E-state index contributed by atoms with van der Waals surface area (Å²) < 4.78 is 1.81. The van der Waals surface area contributed by atoms with Gasteiger partial charge in [0.15, 0.2) is 0 Å². The van der Waals surface area contributed by atoms with E-state index < -0.39 is 0 Å². The number of rotatable bonds is 3. The number of benzene rings is 1. The third-order valence-corrected chi connectivity index (χ3v) is 3.55. The molecule has 1 saturated heterocycles. The molecule has 1 atom stereocenters. The first-order valence-electron chi connectivity index (χ1n) is 6.60. The molecule has 2 aromatic rings. The first-order chi connectivity index (χ1) is 9.78. The molecule has 0 saturated carbocycles. The normalized spacial score (nSPS) is 18.2. The van der Waals surface area contributed by atoms with Crippen molar-refractivity contribution in [2.45, 2.75) is 13.0 Å². The van der Waals surface area contributed by atoms with E-state index in [0.29, 0.717) is 19.5 Å². The largest absolute Gasteiger partial charge is 0.337 e. The minimum atomic E-state index is 0.0411. The van der Waals surface area contributed by atoms with Crippen LogP contribution < -0.4 is 0 Å². The zero-order chi connectivity index (χ0) is 13.9. The molecule has 100 valence electrons. The lowest BCUT2D eigenvalue weighted by Crippen LogP contribution is -2.25. The van der Waals surface area contributed by atoms with E-state index in [2.05, 4.69) is 11.0 Å². The number of likely N-dealkylation sites (tertiary alicyclic amines) is 1. The number of hydrogen-bond acceptors (Lipinski definition) is 2. The lowest BCUT2D eigenvalue weighted by Gasteiger charge is -2.18. The molecule has 0 aliphatic carbocycles. The van der Waals surface area contributed by atoms with E-state index in [4.69, 9.17) is 6.42 Å². The summed E-state index contributed by atoms with van der Waals surface area (Å²) >= 11 is 0. The highest BCUT2D eigenvalue weighted by Gasteiger charge is 2.28. The zero-order valence-corrected chi connectivity index (χ0v) is 11.1. The Morgan fingerprint density at radius 3 is 2.90 bits per heavy atom. The first kappa shape index (κ1) is 12.5. The molecule has 0 radical (unpaired) electrons. The van der Waals surface area contributed by atoms with Crippen molar-refractivity contribution in [1.82, 2.24) is 14.7 Å². The SMILES string of the molecule is C#CC1CC(=O)N(Cc2ccccc2-n2cccn2)C1. The number of hydrogen-bond donors (Lipinski definition) is 0. The van der Waals surface area contributed by atoms with Gasteiger partial charge in [-0.1, -0.05) is 18.2 Å². The molecule has 3 rings (SSSR count). The Morgan fingerprint density at radius 1 is 1.35 bits per heavy atom. The average molecular weight is 265 g/mol. The molecular formula is C16H15N3O. The molecule has 1 aliphatic rings. The van der Waals surface area contributed by atoms with Crippen molar-refractivity contribution in [1.29, 1.82) is 0 Å². The van der Waals surface area contributed by atoms with Crippen LogP contribution in [0.15, 0.2) is 42.7 Å². The van der Waals surface area contributed by atoms with Gasteiger partial charge in [0.1, 0.15) is 0 Å². The lowest BCUT2D eigenvalue weighted by molar-refractivity contribution is -0.128. The highest BCUT2D eigenvalue weighted by molar-refractivity contribution is 5.79. The topological polar surface area (TPSA) is 38.1 Å². The highest BCUT2D eigenvalue weighted by Crippen LogP contribution is 2.22. The third-order valence-electron chi connectivity index (χ3n) is 3.55. The van der Waals surface area contributed by atoms with Crippen LogP contribution >= 0.6 is 0 Å². The van der Waals surface area contributed by atoms with Crippen LogP contribution in [0.3, 0.4) is 0 Å². The van der Waals surface area contributed by atoms with Crippen molar-refractivity contribution >= 4 is 5.91 Å². The van der Waals surface area contributed by atoms with Gasteiger partial charge in [-0.3, -0.25) is 4.79 Å². The monoisotopic (exact) mass is 265 g/mol. The summed E-state index contributed by atoms with van der Waals surface area (Å²) in [7, 11) is 0. The molecule has 4 heteroatoms. The molecule has 0 N–H and O–H groups in total. The summed E-state index contributed by atoms with van der Waals surface area (Å²) in [6.45, 7) is 1.22. The van der Waals surface area contributed by atoms with E-state index in [9.17, 15) is 4.79 Å². The summed E-state index contributed by atoms with van der Waals surface area (Å²) in [5.41, 5.74) is 2.07. The van der Waals surface area contributed by atoms with Crippen molar-refractivity contribution in [3.63, 3.8) is 0 Å². The zero-order valence-electron chi connectivity index (χ0n) is 11.1. The summed E-state index contributed by atoms with van der Waals surface area (Å²) in [5, 5.41) is 4.25. The van der Waals surface area contributed by atoms with Crippen LogP contribution in [0.25, 0.3) is 5.69 Å². The number of carbonyl (C=O) groups is 1. The Morgan fingerprint density at radius 2 is 2.20 bits per heavy atom. The Bertz CT molecular complexity index is 655. The fraction of sp³-hybridized carbons (Fsp3) is 0.250. The van der Waals surface area contributed by atoms with Crippen LogP contribution in [-0.2, 0) is 11.3 Å². The second kappa shape index (κ2) is 5.22. The lowest BCUT2D eigenvalue weighted by atomic mass is 10.1. The van der Waals surface area contributed by atoms with Crippen molar-refractivity contribution in [3.05, 3.63) is 48.3 Å². The fourth-order valence-electron chi connectivity index (χ4n) is 2.52. The quantitative estimate of drug-likeness (QED) is 0.794. The van der Waals surface area contributed by atoms with Gasteiger partial charge >= 0.3 is 0 Å². The minimum absolute atomic E-state index is 0.0411. The molecule has 1 amide bonds. The maximum Gasteiger partial charge on any atom is 0.224 e. The first-order valence-corrected chi connectivity index (χ1v) is 6.60. The van der Waals surface area contributed by atoms with Crippen molar-refractivity contribution in [3.8, 4) is 18.0 Å². The van der Waals surface area contributed by atoms with Crippen LogP contribution in [0.2, 0.25) is 0 Å². The molecule has 4 nitrogen and oxygen atoms in total. The van der Waals surface area contributed by atoms with Gasteiger partial charge in [-0.15, -0.1) is 12.3 Å². The molecule has 1 unspecified atom stereocenters. The van der Waals surface area contributed by atoms with Crippen LogP contribution in [0.5, 0.6) is 0 Å². The van der Waals surface area contributed by atoms with Crippen LogP contribution in [0.4, 0.5) is 0 Å². The Kier molecular flexibility index (Phi) is 3.26. The maximum absolute atomic E-state index is 12.0. The minimum Gasteiger partial charge on any atom is -0.337 e. The van der Waals surface area contributed by atoms with Gasteiger partial charge in [0, 0.05) is 37.8 Å². The van der Waals surface area contributed by atoms with E-state index >= 15 is 0 Å². The van der Waals surface area contributed by atoms with Gasteiger partial charge in [0.05, 0.1) is 5.69 Å². The number of nitrogens with zero attached hydrogens (tertiary/aromatic N) is 3. The molecule has 1 fully saturated rings. The highest BCUT2D eigenvalue weighted by atomic mass is 16.2. The molecule has 0 spiro atoms. The van der Waals surface area contributed by atoms with Crippen LogP contribution in [0.1, 0.15) is 12.0 Å². The summed E-state index contributed by atoms with van der Waals surface area (Å²) in [5.74, 6) is 2.84. The Labute approximate surface area is 118 Å². The summed E-state index contributed by atoms with van der Waals surface area (Å²) in [6, 6.07) is 9.85. The van der Waals surface area contributed by atoms with Crippen molar-refractivity contribution in [2.75, 3.05) is 6.54 Å². The number of aromatic nitrogens is 2. The fourth-order valence-corrected chi connectivity index (χ4v) is 2.52. The van der Waals surface area contributed by atoms with Gasteiger partial charge in [-0.25, -0.2) is 4.68 Å². The predicted octanol–water partition coefficient (Wildman–Crippen LogP) is 1.85. The number of para-hydroxylation sites is 1. The van der Waals surface area contributed by atoms with Crippen molar-refractivity contribution < 1.29 is 4.79 Å².